The topological polar surface area (TPSA) is 25.8 Å². The smallest absolute Gasteiger partial charge is 0.0836 e. The molecule has 0 aliphatic carbocycles. The van der Waals surface area contributed by atoms with Crippen LogP contribution < -0.4 is 0 Å². The van der Waals surface area contributed by atoms with Gasteiger partial charge in [-0.25, -0.2) is 0 Å². The highest BCUT2D eigenvalue weighted by Crippen LogP contribution is 1.98. The minimum absolute atomic E-state index is 0.859. The van der Waals surface area contributed by atoms with E-state index in [2.05, 4.69) is 30.4 Å². The largest absolute Gasteiger partial charge is 0.258 e. The van der Waals surface area contributed by atoms with Gasteiger partial charge in [-0.05, 0) is 13.0 Å². The summed E-state index contributed by atoms with van der Waals surface area (Å²) in [5, 5.41) is 0. The Balaban J connectivity index is 0. The van der Waals surface area contributed by atoms with Gasteiger partial charge in [-0.1, -0.05) is 40.7 Å². The highest BCUT2D eigenvalue weighted by molar-refractivity contribution is 5.43. The molecular formula is C12H22N2. The van der Waals surface area contributed by atoms with Crippen LogP contribution in [0.4, 0.5) is 0 Å². The molecule has 0 saturated carbocycles. The van der Waals surface area contributed by atoms with Gasteiger partial charge in [-0.15, -0.1) is 0 Å². The van der Waals surface area contributed by atoms with Gasteiger partial charge in [0.1, 0.15) is 0 Å². The number of aromatic nitrogens is 2. The fourth-order valence-corrected chi connectivity index (χ4v) is 0.619. The molecule has 0 radical (unpaired) electrons. The summed E-state index contributed by atoms with van der Waals surface area (Å²) in [5.41, 5.74) is 1.78. The monoisotopic (exact) mass is 194 g/mol. The second-order valence-corrected chi connectivity index (χ2v) is 2.44. The Labute approximate surface area is 88.1 Å². The van der Waals surface area contributed by atoms with Crippen LogP contribution in [0.15, 0.2) is 19.0 Å². The summed E-state index contributed by atoms with van der Waals surface area (Å²) in [4.78, 5) is 8.03. The maximum absolute atomic E-state index is 4.02. The van der Waals surface area contributed by atoms with Crippen molar-refractivity contribution >= 4 is 6.08 Å². The van der Waals surface area contributed by atoms with Crippen LogP contribution in [0.1, 0.15) is 45.5 Å². The first-order valence-corrected chi connectivity index (χ1v) is 5.16. The average molecular weight is 194 g/mol. The number of rotatable bonds is 1. The van der Waals surface area contributed by atoms with Crippen molar-refractivity contribution in [2.75, 3.05) is 0 Å². The van der Waals surface area contributed by atoms with Crippen LogP contribution in [0.2, 0.25) is 0 Å². The van der Waals surface area contributed by atoms with Crippen LogP contribution in [0.3, 0.4) is 0 Å². The molecule has 0 unspecified atom stereocenters. The molecule has 2 nitrogen and oxygen atoms in total. The lowest BCUT2D eigenvalue weighted by Crippen LogP contribution is -1.87. The molecule has 14 heavy (non-hydrogen) atoms. The van der Waals surface area contributed by atoms with Crippen LogP contribution in [0.5, 0.6) is 0 Å². The SMILES string of the molecule is C=Cc1nccnc1C.CC.CCC. The molecule has 0 bridgehead atoms. The van der Waals surface area contributed by atoms with Gasteiger partial charge in [0.2, 0.25) is 0 Å². The minimum atomic E-state index is 0.859. The van der Waals surface area contributed by atoms with Crippen molar-refractivity contribution in [2.45, 2.75) is 41.0 Å². The van der Waals surface area contributed by atoms with Crippen molar-refractivity contribution in [1.82, 2.24) is 9.97 Å². The van der Waals surface area contributed by atoms with E-state index in [0.29, 0.717) is 0 Å². The van der Waals surface area contributed by atoms with Crippen molar-refractivity contribution in [3.8, 4) is 0 Å². The first-order chi connectivity index (χ1) is 6.76. The van der Waals surface area contributed by atoms with E-state index in [1.807, 2.05) is 20.8 Å². The summed E-state index contributed by atoms with van der Waals surface area (Å²) in [6.45, 7) is 13.7. The molecule has 0 atom stereocenters. The van der Waals surface area contributed by atoms with E-state index in [1.165, 1.54) is 6.42 Å². The Morgan fingerprint density at radius 3 is 1.93 bits per heavy atom. The van der Waals surface area contributed by atoms with Crippen LogP contribution in [-0.2, 0) is 0 Å². The summed E-state index contributed by atoms with van der Waals surface area (Å²) in [6, 6.07) is 0. The van der Waals surface area contributed by atoms with E-state index >= 15 is 0 Å². The molecule has 1 aromatic heterocycles. The molecule has 0 fully saturated rings. The molecule has 80 valence electrons. The lowest BCUT2D eigenvalue weighted by atomic mass is 10.3. The zero-order valence-electron chi connectivity index (χ0n) is 10.0. The van der Waals surface area contributed by atoms with Crippen LogP contribution in [0.25, 0.3) is 6.08 Å². The molecular weight excluding hydrogens is 172 g/mol. The van der Waals surface area contributed by atoms with Gasteiger partial charge in [0.25, 0.3) is 0 Å². The summed E-state index contributed by atoms with van der Waals surface area (Å²) in [5.74, 6) is 0. The zero-order chi connectivity index (χ0) is 11.4. The Hall–Kier alpha value is -1.18. The third kappa shape index (κ3) is 7.47. The van der Waals surface area contributed by atoms with Crippen molar-refractivity contribution in [3.63, 3.8) is 0 Å². The number of hydrogen-bond acceptors (Lipinski definition) is 2. The molecule has 1 heterocycles. The van der Waals surface area contributed by atoms with Gasteiger partial charge < -0.3 is 0 Å². The average Bonchev–Trinajstić information content (AvgIpc) is 2.23. The van der Waals surface area contributed by atoms with Crippen molar-refractivity contribution in [2.24, 2.45) is 0 Å². The summed E-state index contributed by atoms with van der Waals surface area (Å²) in [6.07, 6.45) is 6.27. The van der Waals surface area contributed by atoms with E-state index in [9.17, 15) is 0 Å². The molecule has 1 rings (SSSR count). The molecule has 0 amide bonds. The molecule has 2 heteroatoms. The lowest BCUT2D eigenvalue weighted by Gasteiger charge is -1.93. The highest BCUT2D eigenvalue weighted by Gasteiger charge is 1.90. The van der Waals surface area contributed by atoms with Crippen LogP contribution in [-0.4, -0.2) is 9.97 Å². The van der Waals surface area contributed by atoms with Gasteiger partial charge >= 0.3 is 0 Å². The van der Waals surface area contributed by atoms with E-state index in [4.69, 9.17) is 0 Å². The molecule has 0 N–H and O–H groups in total. The fourth-order valence-electron chi connectivity index (χ4n) is 0.619. The summed E-state index contributed by atoms with van der Waals surface area (Å²) < 4.78 is 0. The minimum Gasteiger partial charge on any atom is -0.258 e. The maximum atomic E-state index is 4.02. The zero-order valence-corrected chi connectivity index (χ0v) is 10.0. The molecule has 0 aromatic carbocycles. The highest BCUT2D eigenvalue weighted by atomic mass is 14.8. The molecule has 0 spiro atoms. The van der Waals surface area contributed by atoms with Gasteiger partial charge in [0.05, 0.1) is 11.4 Å². The Morgan fingerprint density at radius 2 is 1.64 bits per heavy atom. The Bertz CT molecular complexity index is 232. The van der Waals surface area contributed by atoms with E-state index in [-0.39, 0.29) is 0 Å². The number of hydrogen-bond donors (Lipinski definition) is 0. The van der Waals surface area contributed by atoms with Crippen molar-refractivity contribution in [3.05, 3.63) is 30.4 Å². The molecule has 0 aliphatic heterocycles. The predicted molar refractivity (Wildman–Crippen MR) is 64.2 cm³/mol. The fraction of sp³-hybridized carbons (Fsp3) is 0.500. The predicted octanol–water partition coefficient (Wildman–Crippen LogP) is 3.87. The summed E-state index contributed by atoms with van der Waals surface area (Å²) in [7, 11) is 0. The third-order valence-corrected chi connectivity index (χ3v) is 1.11. The normalized spacial score (nSPS) is 7.50. The molecule has 1 aromatic rings. The van der Waals surface area contributed by atoms with E-state index in [1.54, 1.807) is 18.5 Å². The standard InChI is InChI=1S/C7H8N2.C3H8.C2H6/c1-3-7-6(2)8-4-5-9-7;1-3-2;1-2/h3-5H,1H2,2H3;3H2,1-2H3;1-2H3. The van der Waals surface area contributed by atoms with Crippen LogP contribution in [0, 0.1) is 6.92 Å². The quantitative estimate of drug-likeness (QED) is 0.678. The van der Waals surface area contributed by atoms with Crippen molar-refractivity contribution in [1.29, 1.82) is 0 Å². The van der Waals surface area contributed by atoms with E-state index < -0.39 is 0 Å². The van der Waals surface area contributed by atoms with Gasteiger partial charge in [-0.2, -0.15) is 0 Å². The number of nitrogens with zero attached hydrogens (tertiary/aromatic N) is 2. The van der Waals surface area contributed by atoms with Gasteiger partial charge in [0.15, 0.2) is 0 Å². The first-order valence-electron chi connectivity index (χ1n) is 5.16. The third-order valence-electron chi connectivity index (χ3n) is 1.11. The second kappa shape index (κ2) is 11.8. The van der Waals surface area contributed by atoms with Crippen LogP contribution >= 0.6 is 0 Å². The Kier molecular flexibility index (Phi) is 12.9. The maximum Gasteiger partial charge on any atom is 0.0836 e. The lowest BCUT2D eigenvalue weighted by molar-refractivity contribution is 1.09. The molecule has 0 aliphatic rings. The summed E-state index contributed by atoms with van der Waals surface area (Å²) >= 11 is 0. The van der Waals surface area contributed by atoms with Gasteiger partial charge in [0, 0.05) is 12.4 Å². The first kappa shape index (κ1) is 15.3. The van der Waals surface area contributed by atoms with Crippen molar-refractivity contribution < 1.29 is 0 Å². The number of aryl methyl sites for hydroxylation is 1. The molecule has 0 saturated heterocycles. The van der Waals surface area contributed by atoms with E-state index in [0.717, 1.165) is 11.4 Å². The Morgan fingerprint density at radius 1 is 1.21 bits per heavy atom. The second-order valence-electron chi connectivity index (χ2n) is 2.44. The van der Waals surface area contributed by atoms with Gasteiger partial charge in [-0.3, -0.25) is 9.97 Å².